The van der Waals surface area contributed by atoms with Gasteiger partial charge in [-0.15, -0.1) is 6.58 Å². The molecule has 1 fully saturated rings. The zero-order valence-corrected chi connectivity index (χ0v) is 7.84. The molecule has 3 heteroatoms. The molecule has 1 saturated heterocycles. The summed E-state index contributed by atoms with van der Waals surface area (Å²) in [5.74, 6) is -0.362. The van der Waals surface area contributed by atoms with Crippen LogP contribution in [0.2, 0.25) is 0 Å². The summed E-state index contributed by atoms with van der Waals surface area (Å²) in [6, 6.07) is 0. The van der Waals surface area contributed by atoms with Gasteiger partial charge in [0.2, 0.25) is 0 Å². The van der Waals surface area contributed by atoms with Gasteiger partial charge in [0.15, 0.2) is 0 Å². The van der Waals surface area contributed by atoms with Crippen molar-refractivity contribution in [2.45, 2.75) is 18.9 Å². The molecule has 0 bridgehead atoms. The Balaban J connectivity index is 2.30. The van der Waals surface area contributed by atoms with E-state index in [1.807, 2.05) is 0 Å². The Morgan fingerprint density at radius 3 is 2.77 bits per heavy atom. The molecule has 1 aliphatic heterocycles. The van der Waals surface area contributed by atoms with E-state index in [1.54, 1.807) is 13.0 Å². The highest BCUT2D eigenvalue weighted by Gasteiger charge is 2.44. The standard InChI is InChI=1S/C10H14O3/c1-4-5-10(7-13-10)6-12-9(11)8(2)3/h4H,1-2,5-7H2,3H3. The maximum Gasteiger partial charge on any atom is 0.333 e. The lowest BCUT2D eigenvalue weighted by Gasteiger charge is -2.09. The molecule has 0 aromatic heterocycles. The topological polar surface area (TPSA) is 38.8 Å². The molecule has 3 nitrogen and oxygen atoms in total. The lowest BCUT2D eigenvalue weighted by molar-refractivity contribution is -0.140. The van der Waals surface area contributed by atoms with E-state index in [1.165, 1.54) is 0 Å². The van der Waals surface area contributed by atoms with E-state index in [2.05, 4.69) is 13.2 Å². The molecule has 0 aliphatic carbocycles. The van der Waals surface area contributed by atoms with Crippen LogP contribution < -0.4 is 0 Å². The van der Waals surface area contributed by atoms with Crippen molar-refractivity contribution in [3.8, 4) is 0 Å². The summed E-state index contributed by atoms with van der Waals surface area (Å²) >= 11 is 0. The highest BCUT2D eigenvalue weighted by Crippen LogP contribution is 2.31. The van der Waals surface area contributed by atoms with E-state index in [0.717, 1.165) is 6.42 Å². The Hall–Kier alpha value is -1.09. The van der Waals surface area contributed by atoms with Crippen LogP contribution in [0.3, 0.4) is 0 Å². The average molecular weight is 182 g/mol. The molecule has 1 heterocycles. The first-order valence-electron chi connectivity index (χ1n) is 4.17. The van der Waals surface area contributed by atoms with E-state index in [-0.39, 0.29) is 11.6 Å². The molecule has 1 aliphatic rings. The molecule has 0 aromatic carbocycles. The van der Waals surface area contributed by atoms with Gasteiger partial charge in [-0.25, -0.2) is 4.79 Å². The summed E-state index contributed by atoms with van der Waals surface area (Å²) in [5.41, 5.74) is 0.127. The van der Waals surface area contributed by atoms with Crippen LogP contribution in [0.15, 0.2) is 24.8 Å². The lowest BCUT2D eigenvalue weighted by atomic mass is 10.1. The summed E-state index contributed by atoms with van der Waals surface area (Å²) in [6.45, 7) is 9.66. The van der Waals surface area contributed by atoms with Gasteiger partial charge in [-0.2, -0.15) is 0 Å². The van der Waals surface area contributed by atoms with Crippen molar-refractivity contribution >= 4 is 5.97 Å². The Kier molecular flexibility index (Phi) is 2.88. The van der Waals surface area contributed by atoms with Gasteiger partial charge in [-0.1, -0.05) is 12.7 Å². The first kappa shape index (κ1) is 9.99. The van der Waals surface area contributed by atoms with Crippen LogP contribution in [0.5, 0.6) is 0 Å². The Morgan fingerprint density at radius 1 is 1.77 bits per heavy atom. The van der Waals surface area contributed by atoms with E-state index in [9.17, 15) is 4.79 Å². The van der Waals surface area contributed by atoms with Crippen LogP contribution in [0.25, 0.3) is 0 Å². The minimum atomic E-state index is -0.362. The van der Waals surface area contributed by atoms with Gasteiger partial charge in [0.05, 0.1) is 6.61 Å². The Morgan fingerprint density at radius 2 is 2.38 bits per heavy atom. The van der Waals surface area contributed by atoms with Crippen LogP contribution in [-0.2, 0) is 14.3 Å². The predicted octanol–water partition coefficient (Wildman–Crippen LogP) is 1.45. The summed E-state index contributed by atoms with van der Waals surface area (Å²) in [6.07, 6.45) is 2.48. The van der Waals surface area contributed by atoms with E-state index >= 15 is 0 Å². The summed E-state index contributed by atoms with van der Waals surface area (Å²) in [5, 5.41) is 0. The maximum atomic E-state index is 11.0. The third-order valence-corrected chi connectivity index (χ3v) is 1.88. The van der Waals surface area contributed by atoms with Gasteiger partial charge in [0.25, 0.3) is 0 Å². The fourth-order valence-electron chi connectivity index (χ4n) is 0.945. The van der Waals surface area contributed by atoms with Crippen molar-refractivity contribution in [2.75, 3.05) is 13.2 Å². The first-order valence-corrected chi connectivity index (χ1v) is 4.17. The number of ether oxygens (including phenoxy) is 2. The van der Waals surface area contributed by atoms with Gasteiger partial charge in [-0.3, -0.25) is 0 Å². The van der Waals surface area contributed by atoms with E-state index in [0.29, 0.717) is 18.8 Å². The highest BCUT2D eigenvalue weighted by atomic mass is 16.6. The molecule has 0 N–H and O–H groups in total. The smallest absolute Gasteiger partial charge is 0.333 e. The molecule has 1 atom stereocenters. The largest absolute Gasteiger partial charge is 0.459 e. The minimum absolute atomic E-state index is 0.285. The summed E-state index contributed by atoms with van der Waals surface area (Å²) < 4.78 is 10.2. The molecule has 0 amide bonds. The van der Waals surface area contributed by atoms with Gasteiger partial charge in [-0.05, 0) is 13.3 Å². The molecule has 72 valence electrons. The van der Waals surface area contributed by atoms with Crippen molar-refractivity contribution < 1.29 is 14.3 Å². The number of carbonyl (C=O) groups is 1. The molecular formula is C10H14O3. The summed E-state index contributed by atoms with van der Waals surface area (Å²) in [7, 11) is 0. The van der Waals surface area contributed by atoms with E-state index in [4.69, 9.17) is 9.47 Å². The molecule has 0 aromatic rings. The summed E-state index contributed by atoms with van der Waals surface area (Å²) in [4.78, 5) is 11.0. The number of carbonyl (C=O) groups excluding carboxylic acids is 1. The van der Waals surface area contributed by atoms with Crippen LogP contribution in [-0.4, -0.2) is 24.8 Å². The second-order valence-corrected chi connectivity index (χ2v) is 3.32. The number of epoxide rings is 1. The monoisotopic (exact) mass is 182 g/mol. The maximum absolute atomic E-state index is 11.0. The average Bonchev–Trinajstić information content (AvgIpc) is 2.82. The number of hydrogen-bond acceptors (Lipinski definition) is 3. The second-order valence-electron chi connectivity index (χ2n) is 3.32. The quantitative estimate of drug-likeness (QED) is 0.279. The van der Waals surface area contributed by atoms with Crippen molar-refractivity contribution in [3.63, 3.8) is 0 Å². The molecule has 1 unspecified atom stereocenters. The predicted molar refractivity (Wildman–Crippen MR) is 49.3 cm³/mol. The lowest BCUT2D eigenvalue weighted by Crippen LogP contribution is -2.21. The normalized spacial score (nSPS) is 25.0. The fraction of sp³-hybridized carbons (Fsp3) is 0.500. The number of esters is 1. The Labute approximate surface area is 78.0 Å². The molecule has 0 spiro atoms. The second kappa shape index (κ2) is 3.75. The van der Waals surface area contributed by atoms with Crippen LogP contribution in [0.1, 0.15) is 13.3 Å². The van der Waals surface area contributed by atoms with Gasteiger partial charge >= 0.3 is 5.97 Å². The van der Waals surface area contributed by atoms with Crippen LogP contribution in [0, 0.1) is 0 Å². The molecule has 0 saturated carbocycles. The molecule has 1 rings (SSSR count). The van der Waals surface area contributed by atoms with Crippen LogP contribution >= 0.6 is 0 Å². The third kappa shape index (κ3) is 2.70. The SMILES string of the molecule is C=CCC1(COC(=O)C(=C)C)CO1. The van der Waals surface area contributed by atoms with Gasteiger partial charge < -0.3 is 9.47 Å². The zero-order valence-electron chi connectivity index (χ0n) is 7.84. The highest BCUT2D eigenvalue weighted by molar-refractivity contribution is 5.86. The molecule has 13 heavy (non-hydrogen) atoms. The van der Waals surface area contributed by atoms with Crippen LogP contribution in [0.4, 0.5) is 0 Å². The van der Waals surface area contributed by atoms with Crippen molar-refractivity contribution in [1.82, 2.24) is 0 Å². The fourth-order valence-corrected chi connectivity index (χ4v) is 0.945. The first-order chi connectivity index (χ1) is 6.09. The van der Waals surface area contributed by atoms with E-state index < -0.39 is 0 Å². The minimum Gasteiger partial charge on any atom is -0.459 e. The van der Waals surface area contributed by atoms with Gasteiger partial charge in [0, 0.05) is 5.57 Å². The van der Waals surface area contributed by atoms with Crippen molar-refractivity contribution in [1.29, 1.82) is 0 Å². The number of hydrogen-bond donors (Lipinski definition) is 0. The third-order valence-electron chi connectivity index (χ3n) is 1.88. The van der Waals surface area contributed by atoms with Crippen molar-refractivity contribution in [2.24, 2.45) is 0 Å². The molecule has 0 radical (unpaired) electrons. The number of rotatable bonds is 5. The van der Waals surface area contributed by atoms with Gasteiger partial charge in [0.1, 0.15) is 12.2 Å². The zero-order chi connectivity index (χ0) is 9.90. The Bertz CT molecular complexity index is 239. The molecular weight excluding hydrogens is 168 g/mol. The van der Waals surface area contributed by atoms with Crippen molar-refractivity contribution in [3.05, 3.63) is 24.8 Å².